The number of hydrogen-bond acceptors (Lipinski definition) is 4. The topological polar surface area (TPSA) is 104 Å². The molecule has 3 rings (SSSR count). The number of hydrogen-bond donors (Lipinski definition) is 3. The van der Waals surface area contributed by atoms with Crippen LogP contribution >= 0.6 is 0 Å². The number of nitrogens with one attached hydrogen (secondary N) is 2. The van der Waals surface area contributed by atoms with E-state index in [2.05, 4.69) is 64.9 Å². The number of nitriles is 1. The van der Waals surface area contributed by atoms with Crippen molar-refractivity contribution in [3.8, 4) is 11.8 Å². The molecule has 7 nitrogen and oxygen atoms in total. The van der Waals surface area contributed by atoms with Crippen molar-refractivity contribution in [3.63, 3.8) is 0 Å². The maximum Gasteiger partial charge on any atom is 0.190 e. The van der Waals surface area contributed by atoms with Gasteiger partial charge < -0.3 is 16.4 Å². The van der Waals surface area contributed by atoms with Crippen molar-refractivity contribution in [1.82, 2.24) is 20.4 Å². The van der Waals surface area contributed by atoms with Gasteiger partial charge in [-0.25, -0.2) is 4.68 Å². The Labute approximate surface area is 190 Å². The van der Waals surface area contributed by atoms with E-state index in [-0.39, 0.29) is 0 Å². The molecule has 3 aromatic rings. The van der Waals surface area contributed by atoms with Gasteiger partial charge in [0.1, 0.15) is 17.5 Å². The molecule has 1 atom stereocenters. The van der Waals surface area contributed by atoms with Crippen molar-refractivity contribution < 1.29 is 0 Å². The van der Waals surface area contributed by atoms with Crippen LogP contribution in [0.5, 0.6) is 0 Å². The highest BCUT2D eigenvalue weighted by atomic mass is 15.3. The lowest BCUT2D eigenvalue weighted by atomic mass is 10.0. The van der Waals surface area contributed by atoms with E-state index in [4.69, 9.17) is 5.73 Å². The summed E-state index contributed by atoms with van der Waals surface area (Å²) in [6.45, 7) is 5.79. The number of benzene rings is 2. The summed E-state index contributed by atoms with van der Waals surface area (Å²) in [6.07, 6.45) is 1.45. The van der Waals surface area contributed by atoms with E-state index in [1.165, 1.54) is 11.1 Å². The lowest BCUT2D eigenvalue weighted by Crippen LogP contribution is -2.39. The summed E-state index contributed by atoms with van der Waals surface area (Å²) in [5, 5.41) is 20.8. The minimum atomic E-state index is 0.372. The zero-order valence-electron chi connectivity index (χ0n) is 19.0. The lowest BCUT2D eigenvalue weighted by Gasteiger charge is -2.16. The average molecular weight is 430 g/mol. The Balaban J connectivity index is 1.51. The van der Waals surface area contributed by atoms with Crippen molar-refractivity contribution in [1.29, 1.82) is 5.26 Å². The van der Waals surface area contributed by atoms with Crippen LogP contribution in [-0.4, -0.2) is 35.9 Å². The molecule has 0 aliphatic rings. The number of anilines is 1. The van der Waals surface area contributed by atoms with Crippen molar-refractivity contribution >= 4 is 11.8 Å². The lowest BCUT2D eigenvalue weighted by molar-refractivity contribution is 0.684. The number of aliphatic imine (C=N–C) groups is 1. The van der Waals surface area contributed by atoms with Gasteiger partial charge in [-0.1, -0.05) is 55.0 Å². The Kier molecular flexibility index (Phi) is 7.87. The zero-order valence-corrected chi connectivity index (χ0v) is 19.0. The number of para-hydroxylation sites is 1. The Bertz CT molecular complexity index is 1080. The summed E-state index contributed by atoms with van der Waals surface area (Å²) >= 11 is 0. The predicted octanol–water partition coefficient (Wildman–Crippen LogP) is 3.54. The van der Waals surface area contributed by atoms with E-state index in [1.807, 2.05) is 30.3 Å². The third-order valence-corrected chi connectivity index (χ3v) is 5.43. The number of nitrogen functional groups attached to an aromatic ring is 1. The molecule has 0 aliphatic carbocycles. The van der Waals surface area contributed by atoms with Gasteiger partial charge in [0.05, 0.1) is 11.4 Å². The van der Waals surface area contributed by atoms with Crippen molar-refractivity contribution in [2.24, 2.45) is 4.99 Å². The molecule has 4 N–H and O–H groups in total. The van der Waals surface area contributed by atoms with Crippen LogP contribution in [0, 0.1) is 18.3 Å². The second kappa shape index (κ2) is 11.0. The summed E-state index contributed by atoms with van der Waals surface area (Å²) in [6, 6.07) is 20.4. The third kappa shape index (κ3) is 5.67. The Morgan fingerprint density at radius 1 is 1.16 bits per heavy atom. The van der Waals surface area contributed by atoms with Gasteiger partial charge in [-0.15, -0.1) is 0 Å². The van der Waals surface area contributed by atoms with Gasteiger partial charge in [-0.05, 0) is 43.4 Å². The Hall–Kier alpha value is -3.79. The molecule has 0 aliphatic heterocycles. The van der Waals surface area contributed by atoms with Crippen molar-refractivity contribution in [2.75, 3.05) is 25.9 Å². The molecule has 32 heavy (non-hydrogen) atoms. The highest BCUT2D eigenvalue weighted by Crippen LogP contribution is 2.21. The first-order chi connectivity index (χ1) is 15.5. The first-order valence-electron chi connectivity index (χ1n) is 10.9. The highest BCUT2D eigenvalue weighted by molar-refractivity contribution is 5.79. The van der Waals surface area contributed by atoms with E-state index >= 15 is 0 Å². The van der Waals surface area contributed by atoms with E-state index in [0.29, 0.717) is 36.0 Å². The van der Waals surface area contributed by atoms with Crippen LogP contribution in [0.3, 0.4) is 0 Å². The first-order valence-corrected chi connectivity index (χ1v) is 10.9. The predicted molar refractivity (Wildman–Crippen MR) is 130 cm³/mol. The zero-order chi connectivity index (χ0) is 22.9. The summed E-state index contributed by atoms with van der Waals surface area (Å²) in [5.74, 6) is 1.51. The Morgan fingerprint density at radius 3 is 2.53 bits per heavy atom. The molecule has 0 radical (unpaired) electrons. The second-order valence-electron chi connectivity index (χ2n) is 7.86. The minimum Gasteiger partial charge on any atom is -0.382 e. The summed E-state index contributed by atoms with van der Waals surface area (Å²) in [7, 11) is 1.77. The first kappa shape index (κ1) is 22.9. The van der Waals surface area contributed by atoms with Crippen LogP contribution in [0.2, 0.25) is 0 Å². The molecule has 1 aromatic heterocycles. The second-order valence-corrected chi connectivity index (χ2v) is 7.86. The third-order valence-electron chi connectivity index (χ3n) is 5.43. The molecule has 0 saturated carbocycles. The van der Waals surface area contributed by atoms with Gasteiger partial charge >= 0.3 is 0 Å². The smallest absolute Gasteiger partial charge is 0.190 e. The molecule has 0 fully saturated rings. The van der Waals surface area contributed by atoms with Crippen LogP contribution < -0.4 is 16.4 Å². The number of nitrogens with zero attached hydrogens (tertiary/aromatic N) is 4. The normalized spacial score (nSPS) is 12.2. The molecule has 0 spiro atoms. The van der Waals surface area contributed by atoms with Crippen LogP contribution in [0.15, 0.2) is 59.6 Å². The Morgan fingerprint density at radius 2 is 1.88 bits per heavy atom. The number of rotatable bonds is 8. The van der Waals surface area contributed by atoms with Crippen LogP contribution in [-0.2, 0) is 6.42 Å². The fourth-order valence-electron chi connectivity index (χ4n) is 3.49. The van der Waals surface area contributed by atoms with Crippen LogP contribution in [0.25, 0.3) is 5.69 Å². The van der Waals surface area contributed by atoms with Crippen molar-refractivity contribution in [2.45, 2.75) is 32.6 Å². The van der Waals surface area contributed by atoms with Gasteiger partial charge in [-0.3, -0.25) is 4.99 Å². The molecular weight excluding hydrogens is 398 g/mol. The number of guanidine groups is 1. The van der Waals surface area contributed by atoms with E-state index in [1.54, 1.807) is 11.7 Å². The molecule has 0 saturated heterocycles. The van der Waals surface area contributed by atoms with E-state index in [0.717, 1.165) is 24.6 Å². The quantitative estimate of drug-likeness (QED) is 0.289. The molecule has 0 amide bonds. The molecular formula is C25H31N7. The summed E-state index contributed by atoms with van der Waals surface area (Å²) in [4.78, 5) is 4.31. The number of nitrogens with two attached hydrogens (primary N) is 1. The fraction of sp³-hybridized carbons (Fsp3) is 0.320. The van der Waals surface area contributed by atoms with Crippen molar-refractivity contribution in [3.05, 3.63) is 77.0 Å². The van der Waals surface area contributed by atoms with Gasteiger partial charge in [0.2, 0.25) is 0 Å². The standard InChI is InChI=1S/C25H31N7/c1-18-11-13-20(14-12-18)19(2)17-30-25(28-3)29-15-7-10-23-22(16-26)24(27)32(31-23)21-8-5-4-6-9-21/h4-6,8-9,11-14,19H,7,10,15,17,27H2,1-3H3,(H2,28,29,30). The molecule has 166 valence electrons. The number of aryl methyl sites for hydroxylation is 2. The molecule has 7 heteroatoms. The SMILES string of the molecule is CN=C(NCCCc1nn(-c2ccccc2)c(N)c1C#N)NCC(C)c1ccc(C)cc1. The highest BCUT2D eigenvalue weighted by Gasteiger charge is 2.16. The maximum absolute atomic E-state index is 9.55. The fourth-order valence-corrected chi connectivity index (χ4v) is 3.49. The molecule has 2 aromatic carbocycles. The summed E-state index contributed by atoms with van der Waals surface area (Å²) < 4.78 is 1.63. The van der Waals surface area contributed by atoms with Gasteiger partial charge in [0, 0.05) is 20.1 Å². The molecule has 1 heterocycles. The largest absolute Gasteiger partial charge is 0.382 e. The minimum absolute atomic E-state index is 0.372. The van der Waals surface area contributed by atoms with Gasteiger partial charge in [0.25, 0.3) is 0 Å². The van der Waals surface area contributed by atoms with Crippen LogP contribution in [0.4, 0.5) is 5.82 Å². The molecule has 1 unspecified atom stereocenters. The average Bonchev–Trinajstić information content (AvgIpc) is 3.14. The monoisotopic (exact) mass is 429 g/mol. The van der Waals surface area contributed by atoms with Gasteiger partial charge in [-0.2, -0.15) is 10.4 Å². The van der Waals surface area contributed by atoms with E-state index in [9.17, 15) is 5.26 Å². The molecule has 0 bridgehead atoms. The van der Waals surface area contributed by atoms with Crippen LogP contribution in [0.1, 0.15) is 41.6 Å². The maximum atomic E-state index is 9.55. The van der Waals surface area contributed by atoms with E-state index < -0.39 is 0 Å². The van der Waals surface area contributed by atoms with Gasteiger partial charge in [0.15, 0.2) is 5.96 Å². The summed E-state index contributed by atoms with van der Waals surface area (Å²) in [5.41, 5.74) is 10.8. The number of aromatic nitrogens is 2.